The number of carbonyl (C=O) groups excluding carboxylic acids is 1. The number of nitrogens with one attached hydrogen (secondary N) is 1. The number of fused-ring (bicyclic) bond motifs is 1. The summed E-state index contributed by atoms with van der Waals surface area (Å²) in [4.78, 5) is 14.6. The van der Waals surface area contributed by atoms with Crippen molar-refractivity contribution in [2.45, 2.75) is 25.9 Å². The first-order valence-corrected chi connectivity index (χ1v) is 7.17. The average Bonchev–Trinajstić information content (AvgIpc) is 2.45. The molecule has 0 saturated carbocycles. The second-order valence-corrected chi connectivity index (χ2v) is 5.74. The Kier molecular flexibility index (Phi) is 4.86. The fourth-order valence-electron chi connectivity index (χ4n) is 3.00. The highest BCUT2D eigenvalue weighted by Gasteiger charge is 2.25. The standard InChI is InChI=1S/C17H20N2O.ClH/c1-12-10-19(11-13(2)18-12)17(20)16-8-7-14-5-3-4-6-15(14)9-16;/h3-9,12-13,18H,10-11H2,1-2H3;1H. The van der Waals surface area contributed by atoms with Gasteiger partial charge in [-0.2, -0.15) is 0 Å². The summed E-state index contributed by atoms with van der Waals surface area (Å²) in [6.07, 6.45) is 0. The number of halogens is 1. The van der Waals surface area contributed by atoms with Gasteiger partial charge in [0.1, 0.15) is 0 Å². The van der Waals surface area contributed by atoms with Crippen molar-refractivity contribution in [3.63, 3.8) is 0 Å². The van der Waals surface area contributed by atoms with E-state index < -0.39 is 0 Å². The zero-order valence-electron chi connectivity index (χ0n) is 12.4. The Morgan fingerprint density at radius 1 is 1.05 bits per heavy atom. The first kappa shape index (κ1) is 15.8. The molecule has 2 aromatic rings. The fraction of sp³-hybridized carbons (Fsp3) is 0.353. The number of carbonyl (C=O) groups is 1. The molecule has 1 fully saturated rings. The lowest BCUT2D eigenvalue weighted by Crippen LogP contribution is -2.55. The van der Waals surface area contributed by atoms with Gasteiger partial charge in [0.05, 0.1) is 0 Å². The van der Waals surface area contributed by atoms with Crippen LogP contribution >= 0.6 is 12.4 Å². The van der Waals surface area contributed by atoms with Crippen LogP contribution in [0.2, 0.25) is 0 Å². The third kappa shape index (κ3) is 3.36. The molecule has 0 spiro atoms. The van der Waals surface area contributed by atoms with Crippen molar-refractivity contribution in [2.75, 3.05) is 13.1 Å². The van der Waals surface area contributed by atoms with Gasteiger partial charge >= 0.3 is 0 Å². The molecule has 1 amide bonds. The number of rotatable bonds is 1. The first-order valence-electron chi connectivity index (χ1n) is 7.17. The van der Waals surface area contributed by atoms with Gasteiger partial charge in [-0.15, -0.1) is 12.4 Å². The molecule has 1 heterocycles. The van der Waals surface area contributed by atoms with Crippen LogP contribution < -0.4 is 5.32 Å². The number of nitrogens with zero attached hydrogens (tertiary/aromatic N) is 1. The molecule has 0 radical (unpaired) electrons. The quantitative estimate of drug-likeness (QED) is 0.878. The lowest BCUT2D eigenvalue weighted by atomic mass is 10.0. The highest BCUT2D eigenvalue weighted by Crippen LogP contribution is 2.18. The SMILES string of the molecule is CC1CN(C(=O)c2ccc3ccccc3c2)CC(C)N1.Cl. The van der Waals surface area contributed by atoms with Crippen molar-refractivity contribution < 1.29 is 4.79 Å². The largest absolute Gasteiger partial charge is 0.336 e. The highest BCUT2D eigenvalue weighted by atomic mass is 35.5. The summed E-state index contributed by atoms with van der Waals surface area (Å²) in [7, 11) is 0. The van der Waals surface area contributed by atoms with Crippen LogP contribution in [-0.2, 0) is 0 Å². The van der Waals surface area contributed by atoms with Crippen LogP contribution in [0.4, 0.5) is 0 Å². The minimum atomic E-state index is 0. The third-order valence-electron chi connectivity index (χ3n) is 3.84. The maximum absolute atomic E-state index is 12.6. The van der Waals surface area contributed by atoms with Gasteiger partial charge in [0, 0.05) is 30.7 Å². The maximum Gasteiger partial charge on any atom is 0.253 e. The molecule has 0 bridgehead atoms. The summed E-state index contributed by atoms with van der Waals surface area (Å²) in [5, 5.41) is 5.74. The minimum absolute atomic E-state index is 0. The molecule has 1 saturated heterocycles. The minimum Gasteiger partial charge on any atom is -0.336 e. The van der Waals surface area contributed by atoms with Crippen LogP contribution in [0.25, 0.3) is 10.8 Å². The molecule has 0 aliphatic carbocycles. The lowest BCUT2D eigenvalue weighted by Gasteiger charge is -2.36. The molecule has 0 aromatic heterocycles. The van der Waals surface area contributed by atoms with Crippen molar-refractivity contribution in [3.05, 3.63) is 48.0 Å². The molecule has 2 aromatic carbocycles. The van der Waals surface area contributed by atoms with Gasteiger partial charge in [0.15, 0.2) is 0 Å². The molecule has 1 N–H and O–H groups in total. The van der Waals surface area contributed by atoms with E-state index in [2.05, 4.69) is 31.3 Å². The van der Waals surface area contributed by atoms with Crippen LogP contribution in [0.5, 0.6) is 0 Å². The van der Waals surface area contributed by atoms with Crippen molar-refractivity contribution in [3.8, 4) is 0 Å². The Balaban J connectivity index is 0.00000161. The number of amides is 1. The van der Waals surface area contributed by atoms with Crippen LogP contribution in [-0.4, -0.2) is 36.0 Å². The van der Waals surface area contributed by atoms with Gasteiger partial charge in [0.25, 0.3) is 5.91 Å². The number of hydrogen-bond acceptors (Lipinski definition) is 2. The van der Waals surface area contributed by atoms with E-state index in [-0.39, 0.29) is 18.3 Å². The predicted octanol–water partition coefficient (Wildman–Crippen LogP) is 3.08. The zero-order chi connectivity index (χ0) is 14.1. The molecular formula is C17H21ClN2O. The molecule has 21 heavy (non-hydrogen) atoms. The summed E-state index contributed by atoms with van der Waals surface area (Å²) in [6.45, 7) is 5.79. The third-order valence-corrected chi connectivity index (χ3v) is 3.84. The highest BCUT2D eigenvalue weighted by molar-refractivity contribution is 5.98. The monoisotopic (exact) mass is 304 g/mol. The van der Waals surface area contributed by atoms with E-state index in [9.17, 15) is 4.79 Å². The molecule has 3 nitrogen and oxygen atoms in total. The zero-order valence-corrected chi connectivity index (χ0v) is 13.2. The van der Waals surface area contributed by atoms with E-state index in [1.807, 2.05) is 35.2 Å². The van der Waals surface area contributed by atoms with Gasteiger partial charge in [-0.1, -0.05) is 30.3 Å². The summed E-state index contributed by atoms with van der Waals surface area (Å²) < 4.78 is 0. The number of piperazine rings is 1. The van der Waals surface area contributed by atoms with Crippen LogP contribution in [0.3, 0.4) is 0 Å². The van der Waals surface area contributed by atoms with E-state index in [1.54, 1.807) is 0 Å². The molecular weight excluding hydrogens is 284 g/mol. The van der Waals surface area contributed by atoms with Gasteiger partial charge < -0.3 is 10.2 Å². The predicted molar refractivity (Wildman–Crippen MR) is 89.2 cm³/mol. The van der Waals surface area contributed by atoms with E-state index in [0.717, 1.165) is 24.0 Å². The van der Waals surface area contributed by atoms with Gasteiger partial charge in [-0.3, -0.25) is 4.79 Å². The Morgan fingerprint density at radius 3 is 2.33 bits per heavy atom. The average molecular weight is 305 g/mol. The lowest BCUT2D eigenvalue weighted by molar-refractivity contribution is 0.0674. The van der Waals surface area contributed by atoms with E-state index in [0.29, 0.717) is 12.1 Å². The molecule has 112 valence electrons. The van der Waals surface area contributed by atoms with Crippen molar-refractivity contribution >= 4 is 29.1 Å². The van der Waals surface area contributed by atoms with E-state index >= 15 is 0 Å². The molecule has 2 atom stereocenters. The van der Waals surface area contributed by atoms with Crippen molar-refractivity contribution in [1.29, 1.82) is 0 Å². The molecule has 1 aliphatic heterocycles. The second kappa shape index (κ2) is 6.46. The van der Waals surface area contributed by atoms with Gasteiger partial charge in [-0.25, -0.2) is 0 Å². The number of benzene rings is 2. The van der Waals surface area contributed by atoms with Crippen molar-refractivity contribution in [1.82, 2.24) is 10.2 Å². The maximum atomic E-state index is 12.6. The fourth-order valence-corrected chi connectivity index (χ4v) is 3.00. The van der Waals surface area contributed by atoms with Crippen molar-refractivity contribution in [2.24, 2.45) is 0 Å². The van der Waals surface area contributed by atoms with E-state index in [1.165, 1.54) is 5.39 Å². The normalized spacial score (nSPS) is 21.9. The second-order valence-electron chi connectivity index (χ2n) is 5.74. The summed E-state index contributed by atoms with van der Waals surface area (Å²) in [6, 6.07) is 14.8. The van der Waals surface area contributed by atoms with Crippen LogP contribution in [0.15, 0.2) is 42.5 Å². The summed E-state index contributed by atoms with van der Waals surface area (Å²) >= 11 is 0. The topological polar surface area (TPSA) is 32.3 Å². The smallest absolute Gasteiger partial charge is 0.253 e. The molecule has 4 heteroatoms. The molecule has 1 aliphatic rings. The Labute approximate surface area is 131 Å². The summed E-state index contributed by atoms with van der Waals surface area (Å²) in [5.41, 5.74) is 0.782. The van der Waals surface area contributed by atoms with Gasteiger partial charge in [-0.05, 0) is 36.8 Å². The summed E-state index contributed by atoms with van der Waals surface area (Å²) in [5.74, 6) is 0.135. The van der Waals surface area contributed by atoms with Gasteiger partial charge in [0.2, 0.25) is 0 Å². The Hall–Kier alpha value is -1.58. The Bertz CT molecular complexity index is 633. The number of hydrogen-bond donors (Lipinski definition) is 1. The first-order chi connectivity index (χ1) is 9.63. The van der Waals surface area contributed by atoms with Crippen LogP contribution in [0.1, 0.15) is 24.2 Å². The Morgan fingerprint density at radius 2 is 1.67 bits per heavy atom. The molecule has 3 rings (SSSR count). The van der Waals surface area contributed by atoms with Crippen LogP contribution in [0, 0.1) is 0 Å². The van der Waals surface area contributed by atoms with E-state index in [4.69, 9.17) is 0 Å². The molecule has 2 unspecified atom stereocenters.